The van der Waals surface area contributed by atoms with Gasteiger partial charge in [0, 0.05) is 11.1 Å². The lowest BCUT2D eigenvalue weighted by molar-refractivity contribution is 0.0993. The molecule has 0 atom stereocenters. The highest BCUT2D eigenvalue weighted by atomic mass is 16.1. The number of anilines is 1. The van der Waals surface area contributed by atoms with E-state index in [-0.39, 0.29) is 17.0 Å². The minimum absolute atomic E-state index is 0.0918. The molecule has 2 aromatic heterocycles. The Balaban J connectivity index is 2.56. The summed E-state index contributed by atoms with van der Waals surface area (Å²) in [5, 5.41) is 6.18. The maximum atomic E-state index is 11.1. The number of amides is 1. The van der Waals surface area contributed by atoms with Crippen molar-refractivity contribution in [1.29, 1.82) is 0 Å². The Morgan fingerprint density at radius 1 is 1.79 bits per heavy atom. The average molecular weight is 194 g/mol. The highest BCUT2D eigenvalue weighted by Crippen LogP contribution is 2.13. The van der Waals surface area contributed by atoms with E-state index in [1.54, 1.807) is 0 Å². The number of rotatable bonds is 2. The maximum absolute atomic E-state index is 11.1. The fourth-order valence-electron chi connectivity index (χ4n) is 1.16. The Hall–Kier alpha value is -2.11. The van der Waals surface area contributed by atoms with Crippen molar-refractivity contribution in [2.24, 2.45) is 5.73 Å². The fraction of sp³-hybridized carbons (Fsp3) is 0.125. The number of primary amides is 1. The van der Waals surface area contributed by atoms with Crippen LogP contribution in [0, 0.1) is 0 Å². The van der Waals surface area contributed by atoms with Crippen molar-refractivity contribution in [2.45, 2.75) is 0 Å². The number of hydrogen-bond acceptors (Lipinski definition) is 4. The fourth-order valence-corrected chi connectivity index (χ4v) is 1.16. The Morgan fingerprint density at radius 3 is 3.36 bits per heavy atom. The molecule has 0 spiro atoms. The molecule has 0 saturated carbocycles. The molecule has 0 aromatic carbocycles. The zero-order chi connectivity index (χ0) is 12.6. The van der Waals surface area contributed by atoms with Crippen LogP contribution in [0.3, 0.4) is 0 Å². The minimum atomic E-state index is -2.35. The van der Waals surface area contributed by atoms with Gasteiger partial charge in [-0.05, 0) is 6.07 Å². The molecule has 0 fully saturated rings. The minimum Gasteiger partial charge on any atom is -0.385 e. The molecular weight excluding hydrogens is 182 g/mol. The second kappa shape index (κ2) is 2.99. The summed E-state index contributed by atoms with van der Waals surface area (Å²) < 4.78 is 22.5. The lowest BCUT2D eigenvalue weighted by Crippen LogP contribution is -2.14. The van der Waals surface area contributed by atoms with Crippen LogP contribution in [-0.2, 0) is 0 Å². The molecule has 72 valence electrons. The van der Waals surface area contributed by atoms with Crippen molar-refractivity contribution in [2.75, 3.05) is 12.3 Å². The van der Waals surface area contributed by atoms with Crippen LogP contribution >= 0.6 is 0 Å². The van der Waals surface area contributed by atoms with Gasteiger partial charge >= 0.3 is 0 Å². The van der Waals surface area contributed by atoms with Crippen LogP contribution in [-0.4, -0.2) is 27.5 Å². The molecule has 0 radical (unpaired) electrons. The molecule has 2 aromatic rings. The van der Waals surface area contributed by atoms with E-state index in [9.17, 15) is 4.79 Å². The van der Waals surface area contributed by atoms with E-state index in [4.69, 9.17) is 9.85 Å². The number of fused-ring (bicyclic) bond motifs is 1. The first-order chi connectivity index (χ1) is 7.88. The summed E-state index contributed by atoms with van der Waals surface area (Å²) in [6.45, 7) is -2.35. The predicted molar refractivity (Wildman–Crippen MR) is 51.1 cm³/mol. The number of aromatic nitrogens is 3. The van der Waals surface area contributed by atoms with Crippen molar-refractivity contribution < 1.29 is 8.91 Å². The standard InChI is InChI=1S/C8H9N5O/c1-10-5-2-3-12-13-6(7(9)14)4-11-8(5)13/h2-4,10H,1H3,(H2,9,14)/i1D3. The van der Waals surface area contributed by atoms with E-state index < -0.39 is 12.9 Å². The largest absolute Gasteiger partial charge is 0.385 e. The Morgan fingerprint density at radius 2 is 2.64 bits per heavy atom. The summed E-state index contributed by atoms with van der Waals surface area (Å²) >= 11 is 0. The van der Waals surface area contributed by atoms with Gasteiger partial charge in [0.15, 0.2) is 5.65 Å². The molecule has 1 amide bonds. The summed E-state index contributed by atoms with van der Waals surface area (Å²) in [5.41, 5.74) is 5.71. The van der Waals surface area contributed by atoms with E-state index >= 15 is 0 Å². The quantitative estimate of drug-likeness (QED) is 0.697. The number of nitrogens with zero attached hydrogens (tertiary/aromatic N) is 3. The number of hydrogen-bond donors (Lipinski definition) is 2. The molecule has 0 aliphatic heterocycles. The first kappa shape index (κ1) is 5.58. The SMILES string of the molecule is [2H]C([2H])([2H])Nc1ccnn2c(C(N)=O)cnc12. The second-order valence-electron chi connectivity index (χ2n) is 2.61. The van der Waals surface area contributed by atoms with Crippen molar-refractivity contribution >= 4 is 17.2 Å². The van der Waals surface area contributed by atoms with Gasteiger partial charge in [-0.25, -0.2) is 9.50 Å². The number of carbonyl (C=O) groups is 1. The predicted octanol–water partition coefficient (Wildman–Crippen LogP) is -0.130. The summed E-state index contributed by atoms with van der Waals surface area (Å²) in [7, 11) is 0. The topological polar surface area (TPSA) is 85.3 Å². The normalized spacial score (nSPS) is 14.4. The van der Waals surface area contributed by atoms with E-state index in [1.165, 1.54) is 23.0 Å². The third-order valence-corrected chi connectivity index (χ3v) is 1.79. The Bertz CT molecular complexity index is 576. The third kappa shape index (κ3) is 1.08. The molecular formula is C8H9N5O. The summed E-state index contributed by atoms with van der Waals surface area (Å²) in [4.78, 5) is 15.0. The molecule has 14 heavy (non-hydrogen) atoms. The molecule has 6 heteroatoms. The average Bonchev–Trinajstić information content (AvgIpc) is 2.59. The molecule has 0 aliphatic carbocycles. The highest BCUT2D eigenvalue weighted by Gasteiger charge is 2.11. The first-order valence-electron chi connectivity index (χ1n) is 5.29. The van der Waals surface area contributed by atoms with Gasteiger partial charge in [-0.2, -0.15) is 5.10 Å². The smallest absolute Gasteiger partial charge is 0.269 e. The first-order valence-corrected chi connectivity index (χ1v) is 3.79. The molecule has 6 nitrogen and oxygen atoms in total. The second-order valence-corrected chi connectivity index (χ2v) is 2.61. The number of imidazole rings is 1. The maximum Gasteiger partial charge on any atom is 0.269 e. The van der Waals surface area contributed by atoms with Gasteiger partial charge in [-0.15, -0.1) is 0 Å². The van der Waals surface area contributed by atoms with Crippen LogP contribution in [0.15, 0.2) is 18.5 Å². The van der Waals surface area contributed by atoms with Gasteiger partial charge in [0.25, 0.3) is 5.91 Å². The molecule has 2 heterocycles. The molecule has 0 aliphatic rings. The van der Waals surface area contributed by atoms with E-state index in [2.05, 4.69) is 15.4 Å². The van der Waals surface area contributed by atoms with Gasteiger partial charge in [-0.3, -0.25) is 4.79 Å². The van der Waals surface area contributed by atoms with Gasteiger partial charge < -0.3 is 11.1 Å². The van der Waals surface area contributed by atoms with Crippen molar-refractivity contribution in [3.05, 3.63) is 24.2 Å². The van der Waals surface area contributed by atoms with Crippen LogP contribution < -0.4 is 11.1 Å². The van der Waals surface area contributed by atoms with Crippen LogP contribution in [0.5, 0.6) is 0 Å². The lowest BCUT2D eigenvalue weighted by atomic mass is 10.4. The van der Waals surface area contributed by atoms with Gasteiger partial charge in [0.1, 0.15) is 5.69 Å². The van der Waals surface area contributed by atoms with Gasteiger partial charge in [-0.1, -0.05) is 0 Å². The molecule has 0 unspecified atom stereocenters. The zero-order valence-corrected chi connectivity index (χ0v) is 7.06. The molecule has 2 rings (SSSR count). The Kier molecular flexibility index (Phi) is 1.19. The number of nitrogens with two attached hydrogens (primary N) is 1. The lowest BCUT2D eigenvalue weighted by Gasteiger charge is -2.01. The number of nitrogens with one attached hydrogen (secondary N) is 1. The summed E-state index contributed by atoms with van der Waals surface area (Å²) in [6, 6.07) is 1.46. The van der Waals surface area contributed by atoms with Gasteiger partial charge in [0.2, 0.25) is 0 Å². The van der Waals surface area contributed by atoms with Crippen LogP contribution in [0.1, 0.15) is 14.6 Å². The molecule has 0 saturated heterocycles. The highest BCUT2D eigenvalue weighted by molar-refractivity contribution is 5.92. The van der Waals surface area contributed by atoms with E-state index in [0.29, 0.717) is 0 Å². The van der Waals surface area contributed by atoms with Crippen molar-refractivity contribution in [3.8, 4) is 0 Å². The van der Waals surface area contributed by atoms with Gasteiger partial charge in [0.05, 0.1) is 18.1 Å². The summed E-state index contributed by atoms with van der Waals surface area (Å²) in [6.07, 6.45) is 2.60. The van der Waals surface area contributed by atoms with E-state index in [1.807, 2.05) is 0 Å². The van der Waals surface area contributed by atoms with E-state index in [0.717, 1.165) is 0 Å². The van der Waals surface area contributed by atoms with Crippen molar-refractivity contribution in [1.82, 2.24) is 14.6 Å². The van der Waals surface area contributed by atoms with Crippen LogP contribution in [0.25, 0.3) is 5.65 Å². The third-order valence-electron chi connectivity index (χ3n) is 1.79. The van der Waals surface area contributed by atoms with Crippen molar-refractivity contribution in [3.63, 3.8) is 0 Å². The number of carbonyl (C=O) groups excluding carboxylic acids is 1. The van der Waals surface area contributed by atoms with Crippen LogP contribution in [0.2, 0.25) is 0 Å². The molecule has 3 N–H and O–H groups in total. The monoisotopic (exact) mass is 194 g/mol. The summed E-state index contributed by atoms with van der Waals surface area (Å²) in [5.74, 6) is -0.684. The zero-order valence-electron chi connectivity index (χ0n) is 10.1. The van der Waals surface area contributed by atoms with Crippen LogP contribution in [0.4, 0.5) is 5.69 Å². The molecule has 0 bridgehead atoms. The Labute approximate surface area is 84.0 Å².